The van der Waals surface area contributed by atoms with E-state index in [1.807, 2.05) is 12.1 Å². The molecule has 0 radical (unpaired) electrons. The van der Waals surface area contributed by atoms with E-state index >= 15 is 0 Å². The summed E-state index contributed by atoms with van der Waals surface area (Å²) >= 11 is 0. The van der Waals surface area contributed by atoms with Crippen molar-refractivity contribution in [2.75, 3.05) is 12.0 Å². The molecular formula is C12H16O2S. The molecule has 1 aliphatic rings. The molecule has 0 amide bonds. The Hall–Kier alpha value is -0.830. The van der Waals surface area contributed by atoms with Gasteiger partial charge < -0.3 is 0 Å². The van der Waals surface area contributed by atoms with Crippen LogP contribution in [0, 0.1) is 5.92 Å². The molecule has 0 saturated heterocycles. The van der Waals surface area contributed by atoms with Crippen LogP contribution in [0.2, 0.25) is 0 Å². The zero-order valence-corrected chi connectivity index (χ0v) is 9.92. The third-order valence-corrected chi connectivity index (χ3v) is 4.13. The number of fused-ring (bicyclic) bond motifs is 1. The second-order valence-corrected chi connectivity index (χ2v) is 6.76. The summed E-state index contributed by atoms with van der Waals surface area (Å²) in [5.74, 6) is 0.916. The Bertz CT molecular complexity index is 462. The highest BCUT2D eigenvalue weighted by molar-refractivity contribution is 7.90. The lowest BCUT2D eigenvalue weighted by atomic mass is 9.96. The standard InChI is InChI=1S/C12H16O2S/c1-9-7-10-5-3-4-6-11(10)12(9)8-15(2,13)14/h3-6,9,12H,7-8H2,1-2H3/t9?,12-/m0/s1. The Morgan fingerprint density at radius 3 is 2.67 bits per heavy atom. The molecule has 82 valence electrons. The van der Waals surface area contributed by atoms with Crippen LogP contribution in [-0.2, 0) is 16.3 Å². The minimum absolute atomic E-state index is 0.191. The van der Waals surface area contributed by atoms with E-state index in [1.165, 1.54) is 17.4 Å². The molecule has 0 aromatic heterocycles. The van der Waals surface area contributed by atoms with Crippen LogP contribution in [0.5, 0.6) is 0 Å². The summed E-state index contributed by atoms with van der Waals surface area (Å²) in [6, 6.07) is 8.18. The SMILES string of the molecule is CC1Cc2ccccc2[C@H]1CS(C)(=O)=O. The highest BCUT2D eigenvalue weighted by Crippen LogP contribution is 2.38. The Balaban J connectivity index is 2.34. The number of benzene rings is 1. The molecule has 0 heterocycles. The normalized spacial score (nSPS) is 25.2. The largest absolute Gasteiger partial charge is 0.229 e. The lowest BCUT2D eigenvalue weighted by molar-refractivity contribution is 0.521. The summed E-state index contributed by atoms with van der Waals surface area (Å²) in [5.41, 5.74) is 2.55. The molecule has 2 atom stereocenters. The van der Waals surface area contributed by atoms with Gasteiger partial charge in [-0.1, -0.05) is 31.2 Å². The van der Waals surface area contributed by atoms with E-state index in [0.29, 0.717) is 5.92 Å². The molecule has 0 aliphatic heterocycles. The van der Waals surface area contributed by atoms with E-state index in [0.717, 1.165) is 6.42 Å². The van der Waals surface area contributed by atoms with Gasteiger partial charge in [0.15, 0.2) is 0 Å². The van der Waals surface area contributed by atoms with Gasteiger partial charge in [-0.3, -0.25) is 0 Å². The third kappa shape index (κ3) is 2.23. The molecule has 0 N–H and O–H groups in total. The van der Waals surface area contributed by atoms with Crippen molar-refractivity contribution in [3.8, 4) is 0 Å². The molecule has 0 saturated carbocycles. The summed E-state index contributed by atoms with van der Waals surface area (Å²) in [4.78, 5) is 0. The topological polar surface area (TPSA) is 34.1 Å². The first-order valence-electron chi connectivity index (χ1n) is 5.23. The van der Waals surface area contributed by atoms with Gasteiger partial charge in [0, 0.05) is 12.2 Å². The zero-order valence-electron chi connectivity index (χ0n) is 9.10. The van der Waals surface area contributed by atoms with Gasteiger partial charge in [0.25, 0.3) is 0 Å². The Morgan fingerprint density at radius 2 is 2.00 bits per heavy atom. The van der Waals surface area contributed by atoms with Gasteiger partial charge in [-0.15, -0.1) is 0 Å². The summed E-state index contributed by atoms with van der Waals surface area (Å²) in [5, 5.41) is 0. The van der Waals surface area contributed by atoms with E-state index < -0.39 is 9.84 Å². The van der Waals surface area contributed by atoms with E-state index in [-0.39, 0.29) is 11.7 Å². The van der Waals surface area contributed by atoms with Crippen LogP contribution in [0.25, 0.3) is 0 Å². The minimum Gasteiger partial charge on any atom is -0.229 e. The fourth-order valence-corrected chi connectivity index (χ4v) is 3.62. The van der Waals surface area contributed by atoms with E-state index in [9.17, 15) is 8.42 Å². The zero-order chi connectivity index (χ0) is 11.1. The second-order valence-electron chi connectivity index (χ2n) is 4.58. The van der Waals surface area contributed by atoms with Crippen LogP contribution in [0.3, 0.4) is 0 Å². The Morgan fingerprint density at radius 1 is 1.33 bits per heavy atom. The molecule has 15 heavy (non-hydrogen) atoms. The average molecular weight is 224 g/mol. The maximum atomic E-state index is 11.3. The van der Waals surface area contributed by atoms with Gasteiger partial charge >= 0.3 is 0 Å². The highest BCUT2D eigenvalue weighted by atomic mass is 32.2. The van der Waals surface area contributed by atoms with Gasteiger partial charge in [0.2, 0.25) is 0 Å². The molecule has 2 nitrogen and oxygen atoms in total. The Kier molecular flexibility index (Phi) is 2.59. The van der Waals surface area contributed by atoms with Crippen molar-refractivity contribution in [2.24, 2.45) is 5.92 Å². The fourth-order valence-electron chi connectivity index (χ4n) is 2.46. The molecule has 2 rings (SSSR count). The molecule has 1 unspecified atom stereocenters. The maximum absolute atomic E-state index is 11.3. The van der Waals surface area contributed by atoms with Crippen LogP contribution >= 0.6 is 0 Å². The van der Waals surface area contributed by atoms with Crippen molar-refractivity contribution in [2.45, 2.75) is 19.3 Å². The van der Waals surface area contributed by atoms with Crippen molar-refractivity contribution in [3.63, 3.8) is 0 Å². The molecular weight excluding hydrogens is 208 g/mol. The van der Waals surface area contributed by atoms with Crippen LogP contribution in [-0.4, -0.2) is 20.4 Å². The maximum Gasteiger partial charge on any atom is 0.148 e. The number of hydrogen-bond donors (Lipinski definition) is 0. The molecule has 1 aliphatic carbocycles. The van der Waals surface area contributed by atoms with Crippen LogP contribution in [0.4, 0.5) is 0 Å². The van der Waals surface area contributed by atoms with Gasteiger partial charge in [0.05, 0.1) is 5.75 Å². The van der Waals surface area contributed by atoms with Crippen molar-refractivity contribution in [1.29, 1.82) is 0 Å². The summed E-state index contributed by atoms with van der Waals surface area (Å²) in [7, 11) is -2.88. The number of sulfone groups is 1. The number of rotatable bonds is 2. The van der Waals surface area contributed by atoms with Crippen LogP contribution < -0.4 is 0 Å². The molecule has 0 bridgehead atoms. The van der Waals surface area contributed by atoms with Gasteiger partial charge in [-0.05, 0) is 23.5 Å². The summed E-state index contributed by atoms with van der Waals surface area (Å²) < 4.78 is 22.7. The second kappa shape index (κ2) is 3.63. The predicted molar refractivity (Wildman–Crippen MR) is 61.8 cm³/mol. The predicted octanol–water partition coefficient (Wildman–Crippen LogP) is 2.01. The fraction of sp³-hybridized carbons (Fsp3) is 0.500. The molecule has 0 fully saturated rings. The van der Waals surface area contributed by atoms with Crippen molar-refractivity contribution < 1.29 is 8.42 Å². The van der Waals surface area contributed by atoms with Crippen molar-refractivity contribution in [1.82, 2.24) is 0 Å². The molecule has 0 spiro atoms. The van der Waals surface area contributed by atoms with Gasteiger partial charge in [-0.25, -0.2) is 8.42 Å². The van der Waals surface area contributed by atoms with E-state index in [2.05, 4.69) is 19.1 Å². The minimum atomic E-state index is -2.88. The lowest BCUT2D eigenvalue weighted by Crippen LogP contribution is -2.16. The van der Waals surface area contributed by atoms with E-state index in [4.69, 9.17) is 0 Å². The first-order valence-corrected chi connectivity index (χ1v) is 7.29. The van der Waals surface area contributed by atoms with Gasteiger partial charge in [0.1, 0.15) is 9.84 Å². The monoisotopic (exact) mass is 224 g/mol. The Labute approximate surface area is 91.2 Å². The number of hydrogen-bond acceptors (Lipinski definition) is 2. The lowest BCUT2D eigenvalue weighted by Gasteiger charge is -2.15. The van der Waals surface area contributed by atoms with E-state index in [1.54, 1.807) is 0 Å². The van der Waals surface area contributed by atoms with Crippen molar-refractivity contribution in [3.05, 3.63) is 35.4 Å². The smallest absolute Gasteiger partial charge is 0.148 e. The van der Waals surface area contributed by atoms with Crippen LogP contribution in [0.15, 0.2) is 24.3 Å². The van der Waals surface area contributed by atoms with Gasteiger partial charge in [-0.2, -0.15) is 0 Å². The van der Waals surface area contributed by atoms with Crippen molar-refractivity contribution >= 4 is 9.84 Å². The molecule has 3 heteroatoms. The summed E-state index contributed by atoms with van der Waals surface area (Å²) in [6.07, 6.45) is 2.33. The van der Waals surface area contributed by atoms with Crippen LogP contribution in [0.1, 0.15) is 24.0 Å². The molecule has 1 aromatic rings. The third-order valence-electron chi connectivity index (χ3n) is 3.17. The quantitative estimate of drug-likeness (QED) is 0.770. The first kappa shape index (κ1) is 10.7. The first-order chi connectivity index (χ1) is 6.97. The average Bonchev–Trinajstić information content (AvgIpc) is 2.41. The highest BCUT2D eigenvalue weighted by Gasteiger charge is 2.31. The summed E-state index contributed by atoms with van der Waals surface area (Å²) in [6.45, 7) is 2.13. The molecule has 1 aromatic carbocycles.